The third-order valence-corrected chi connectivity index (χ3v) is 8.35. The summed E-state index contributed by atoms with van der Waals surface area (Å²) in [7, 11) is -7.34. The number of anilines is 1. The molecule has 2 aliphatic rings. The number of hydrogen-bond donors (Lipinski definition) is 0. The van der Waals surface area contributed by atoms with E-state index in [1.807, 2.05) is 6.92 Å². The molecule has 2 aliphatic heterocycles. The Labute approximate surface area is 197 Å². The summed E-state index contributed by atoms with van der Waals surface area (Å²) >= 11 is 0. The van der Waals surface area contributed by atoms with Gasteiger partial charge in [-0.25, -0.2) is 0 Å². The minimum absolute atomic E-state index is 0.156. The first-order valence-corrected chi connectivity index (χ1v) is 15.7. The van der Waals surface area contributed by atoms with Crippen LogP contribution in [0, 0.1) is 13.8 Å². The van der Waals surface area contributed by atoms with Crippen LogP contribution < -0.4 is 4.90 Å². The highest BCUT2D eigenvalue weighted by molar-refractivity contribution is 7.87. The van der Waals surface area contributed by atoms with Crippen molar-refractivity contribution in [1.82, 2.24) is 4.90 Å². The molecular weight excluding hydrogens is 493 g/mol. The predicted octanol–water partition coefficient (Wildman–Crippen LogP) is 3.88. The second kappa shape index (κ2) is 9.00. The second-order valence-electron chi connectivity index (χ2n) is 9.58. The van der Waals surface area contributed by atoms with Gasteiger partial charge in [0, 0.05) is 27.3 Å². The average Bonchev–Trinajstić information content (AvgIpc) is 3.07. The zero-order chi connectivity index (χ0) is 25.6. The van der Waals surface area contributed by atoms with Crippen LogP contribution in [0.15, 0.2) is 24.1 Å². The van der Waals surface area contributed by atoms with E-state index < -0.39 is 53.7 Å². The van der Waals surface area contributed by atoms with E-state index in [1.165, 1.54) is 4.90 Å². The maximum Gasteiger partial charge on any atom is 0.534 e. The van der Waals surface area contributed by atoms with Crippen LogP contribution in [-0.4, -0.2) is 58.1 Å². The van der Waals surface area contributed by atoms with Crippen molar-refractivity contribution < 1.29 is 40.1 Å². The maximum absolute atomic E-state index is 13.4. The normalized spacial score (nSPS) is 19.1. The van der Waals surface area contributed by atoms with Gasteiger partial charge in [0.1, 0.15) is 18.5 Å². The number of halogens is 3. The molecule has 13 heteroatoms. The Morgan fingerprint density at radius 3 is 2.32 bits per heavy atom. The molecule has 0 saturated heterocycles. The third kappa shape index (κ3) is 5.30. The highest BCUT2D eigenvalue weighted by atomic mass is 32.2. The lowest BCUT2D eigenvalue weighted by Crippen LogP contribution is -2.45. The summed E-state index contributed by atoms with van der Waals surface area (Å²) < 4.78 is 71.1. The zero-order valence-corrected chi connectivity index (χ0v) is 21.3. The van der Waals surface area contributed by atoms with Crippen LogP contribution in [0.5, 0.6) is 0 Å². The molecule has 3 rings (SSSR count). The summed E-state index contributed by atoms with van der Waals surface area (Å²) in [5.74, 6) is -1.90. The van der Waals surface area contributed by atoms with E-state index in [-0.39, 0.29) is 12.3 Å². The molecule has 0 aromatic heterocycles. The van der Waals surface area contributed by atoms with Gasteiger partial charge in [-0.2, -0.15) is 21.6 Å². The summed E-state index contributed by atoms with van der Waals surface area (Å²) in [6.45, 7) is 10.4. The molecule has 0 unspecified atom stereocenters. The standard InChI is InChI=1S/C21H27F3N2O6SSi/c1-13-8-16-17(9-14(13)2)26(12-31-6-7-34(3,4)5)20(28)18-10-15(11-25(18)19(16)27)32-33(29,30)21(22,23)24/h8-9,11,18H,6-7,10,12H2,1-5H3/t18-/m0/s1. The largest absolute Gasteiger partial charge is 0.534 e. The Morgan fingerprint density at radius 2 is 1.74 bits per heavy atom. The van der Waals surface area contributed by atoms with Gasteiger partial charge >= 0.3 is 15.6 Å². The minimum atomic E-state index is -5.94. The van der Waals surface area contributed by atoms with Gasteiger partial charge in [0.25, 0.3) is 11.8 Å². The molecule has 0 bridgehead atoms. The molecule has 34 heavy (non-hydrogen) atoms. The average molecular weight is 521 g/mol. The van der Waals surface area contributed by atoms with Gasteiger partial charge in [0.15, 0.2) is 0 Å². The van der Waals surface area contributed by atoms with E-state index in [1.54, 1.807) is 19.1 Å². The zero-order valence-electron chi connectivity index (χ0n) is 19.5. The Hall–Kier alpha value is -2.38. The first-order valence-electron chi connectivity index (χ1n) is 10.6. The van der Waals surface area contributed by atoms with Gasteiger partial charge in [-0.15, -0.1) is 0 Å². The number of amides is 2. The summed E-state index contributed by atoms with van der Waals surface area (Å²) in [5, 5.41) is 0. The molecule has 0 N–H and O–H groups in total. The number of benzene rings is 1. The fraction of sp³-hybridized carbons (Fsp3) is 0.524. The van der Waals surface area contributed by atoms with Crippen molar-refractivity contribution in [2.24, 2.45) is 0 Å². The Balaban J connectivity index is 1.96. The fourth-order valence-corrected chi connectivity index (χ4v) is 4.78. The van der Waals surface area contributed by atoms with Gasteiger partial charge in [0.2, 0.25) is 0 Å². The van der Waals surface area contributed by atoms with Crippen molar-refractivity contribution in [2.45, 2.75) is 57.5 Å². The summed E-state index contributed by atoms with van der Waals surface area (Å²) in [6.07, 6.45) is 0.333. The third-order valence-electron chi connectivity index (χ3n) is 5.65. The smallest absolute Gasteiger partial charge is 0.379 e. The van der Waals surface area contributed by atoms with Crippen molar-refractivity contribution in [3.05, 3.63) is 40.8 Å². The highest BCUT2D eigenvalue weighted by Gasteiger charge is 2.51. The topological polar surface area (TPSA) is 93.2 Å². The number of carbonyl (C=O) groups is 2. The number of hydrogen-bond acceptors (Lipinski definition) is 6. The summed E-state index contributed by atoms with van der Waals surface area (Å²) in [5.41, 5.74) is -3.54. The van der Waals surface area contributed by atoms with Crippen molar-refractivity contribution in [3.8, 4) is 0 Å². The van der Waals surface area contributed by atoms with E-state index in [0.717, 1.165) is 28.3 Å². The number of nitrogens with zero attached hydrogens (tertiary/aromatic N) is 2. The van der Waals surface area contributed by atoms with Crippen molar-refractivity contribution in [3.63, 3.8) is 0 Å². The van der Waals surface area contributed by atoms with Gasteiger partial charge in [-0.1, -0.05) is 19.6 Å². The molecule has 0 aliphatic carbocycles. The number of alkyl halides is 3. The van der Waals surface area contributed by atoms with Gasteiger partial charge in [0.05, 0.1) is 11.3 Å². The molecule has 2 heterocycles. The van der Waals surface area contributed by atoms with Crippen LogP contribution in [-0.2, 0) is 23.8 Å². The monoisotopic (exact) mass is 520 g/mol. The first-order chi connectivity index (χ1) is 15.5. The van der Waals surface area contributed by atoms with E-state index >= 15 is 0 Å². The van der Waals surface area contributed by atoms with E-state index in [4.69, 9.17) is 4.74 Å². The molecule has 0 spiro atoms. The van der Waals surface area contributed by atoms with Crippen molar-refractivity contribution >= 4 is 35.7 Å². The number of ether oxygens (including phenoxy) is 1. The molecule has 188 valence electrons. The van der Waals surface area contributed by atoms with Gasteiger partial charge in [-0.05, 0) is 43.2 Å². The van der Waals surface area contributed by atoms with Crippen molar-refractivity contribution in [2.75, 3.05) is 18.2 Å². The molecule has 0 radical (unpaired) electrons. The Bertz CT molecular complexity index is 1140. The summed E-state index contributed by atoms with van der Waals surface area (Å²) in [4.78, 5) is 28.9. The van der Waals surface area contributed by atoms with Crippen LogP contribution in [0.4, 0.5) is 18.9 Å². The molecule has 1 atom stereocenters. The van der Waals surface area contributed by atoms with Gasteiger partial charge in [-0.3, -0.25) is 19.4 Å². The lowest BCUT2D eigenvalue weighted by atomic mass is 10.0. The second-order valence-corrected chi connectivity index (χ2v) is 16.7. The van der Waals surface area contributed by atoms with Crippen LogP contribution in [0.2, 0.25) is 25.7 Å². The van der Waals surface area contributed by atoms with Crippen LogP contribution in [0.3, 0.4) is 0 Å². The fourth-order valence-electron chi connectivity index (χ4n) is 3.54. The Morgan fingerprint density at radius 1 is 1.12 bits per heavy atom. The number of aryl methyl sites for hydroxylation is 2. The molecule has 2 amide bonds. The highest BCUT2D eigenvalue weighted by Crippen LogP contribution is 2.37. The predicted molar refractivity (Wildman–Crippen MR) is 121 cm³/mol. The lowest BCUT2D eigenvalue weighted by Gasteiger charge is -2.26. The molecular formula is C21H27F3N2O6SSi. The lowest BCUT2D eigenvalue weighted by molar-refractivity contribution is -0.123. The van der Waals surface area contributed by atoms with Crippen LogP contribution >= 0.6 is 0 Å². The first kappa shape index (κ1) is 26.2. The van der Waals surface area contributed by atoms with Crippen LogP contribution in [0.1, 0.15) is 27.9 Å². The van der Waals surface area contributed by atoms with E-state index in [0.29, 0.717) is 12.3 Å². The van der Waals surface area contributed by atoms with Crippen molar-refractivity contribution in [1.29, 1.82) is 0 Å². The quantitative estimate of drug-likeness (QED) is 0.234. The molecule has 0 fully saturated rings. The molecule has 8 nitrogen and oxygen atoms in total. The number of rotatable bonds is 7. The number of carbonyl (C=O) groups excluding carboxylic acids is 2. The number of fused-ring (bicyclic) bond motifs is 2. The molecule has 1 aromatic rings. The molecule has 1 aromatic carbocycles. The van der Waals surface area contributed by atoms with Crippen LogP contribution in [0.25, 0.3) is 0 Å². The maximum atomic E-state index is 13.4. The van der Waals surface area contributed by atoms with Gasteiger partial charge < -0.3 is 8.92 Å². The Kier molecular flexibility index (Phi) is 6.94. The SMILES string of the molecule is Cc1cc2c(cc1C)N(COCC[Si](C)(C)C)C(=O)[C@@H]1CC(OS(=O)(=O)C(F)(F)F)=CN1C2=O. The van der Waals surface area contributed by atoms with E-state index in [9.17, 15) is 31.2 Å². The summed E-state index contributed by atoms with van der Waals surface area (Å²) in [6, 6.07) is 2.87. The minimum Gasteiger partial charge on any atom is -0.379 e. The molecule has 0 saturated carbocycles. The van der Waals surface area contributed by atoms with E-state index in [2.05, 4.69) is 23.8 Å².